The largest absolute Gasteiger partial charge is 0.396 e. The highest BCUT2D eigenvalue weighted by Gasteiger charge is 2.11. The van der Waals surface area contributed by atoms with Crippen molar-refractivity contribution in [3.8, 4) is 0 Å². The minimum absolute atomic E-state index is 0.706. The molecule has 0 saturated heterocycles. The number of anilines is 2. The molecule has 0 aliphatic rings. The third-order valence-corrected chi connectivity index (χ3v) is 3.28. The van der Waals surface area contributed by atoms with Crippen LogP contribution in [0, 0.1) is 13.8 Å². The van der Waals surface area contributed by atoms with E-state index in [2.05, 4.69) is 10.5 Å². The predicted molar refractivity (Wildman–Crippen MR) is 64.1 cm³/mol. The first-order valence-electron chi connectivity index (χ1n) is 4.58. The molecule has 0 amide bonds. The van der Waals surface area contributed by atoms with Gasteiger partial charge in [-0.2, -0.15) is 0 Å². The number of thiophene rings is 1. The number of nitrogen functional groups attached to an aromatic ring is 1. The zero-order valence-corrected chi connectivity index (χ0v) is 9.73. The van der Waals surface area contributed by atoms with Gasteiger partial charge in [-0.15, -0.1) is 11.3 Å². The van der Waals surface area contributed by atoms with Crippen LogP contribution < -0.4 is 11.2 Å². The zero-order chi connectivity index (χ0) is 11.0. The van der Waals surface area contributed by atoms with Crippen molar-refractivity contribution in [2.45, 2.75) is 13.8 Å². The molecule has 0 unspecified atom stereocenters. The van der Waals surface area contributed by atoms with E-state index in [1.54, 1.807) is 18.4 Å². The Morgan fingerprint density at radius 1 is 1.47 bits per heavy atom. The number of aryl methyl sites for hydroxylation is 2. The Labute approximate surface area is 92.0 Å². The third kappa shape index (κ3) is 1.64. The summed E-state index contributed by atoms with van der Waals surface area (Å²) in [5.74, 6) is 0. The highest BCUT2D eigenvalue weighted by molar-refractivity contribution is 7.19. The van der Waals surface area contributed by atoms with Crippen LogP contribution in [0.3, 0.4) is 0 Å². The van der Waals surface area contributed by atoms with Gasteiger partial charge in [0.1, 0.15) is 5.69 Å². The lowest BCUT2D eigenvalue weighted by Crippen LogP contribution is -2.03. The Bertz CT molecular complexity index is 507. The molecule has 15 heavy (non-hydrogen) atoms. The SMILES string of the molecule is CONc1c(C)nc2cc(C)sc2c1N. The summed E-state index contributed by atoms with van der Waals surface area (Å²) < 4.78 is 1.01. The number of hydrogen-bond acceptors (Lipinski definition) is 5. The van der Waals surface area contributed by atoms with Gasteiger partial charge in [-0.25, -0.2) is 4.98 Å². The van der Waals surface area contributed by atoms with Crippen LogP contribution in [-0.4, -0.2) is 12.1 Å². The highest BCUT2D eigenvalue weighted by Crippen LogP contribution is 2.35. The van der Waals surface area contributed by atoms with Crippen molar-refractivity contribution < 1.29 is 4.84 Å². The summed E-state index contributed by atoms with van der Waals surface area (Å²) in [4.78, 5) is 10.6. The number of fused-ring (bicyclic) bond motifs is 1. The summed E-state index contributed by atoms with van der Waals surface area (Å²) in [6.07, 6.45) is 0. The fraction of sp³-hybridized carbons (Fsp3) is 0.300. The molecule has 0 aliphatic carbocycles. The van der Waals surface area contributed by atoms with Gasteiger partial charge in [0.05, 0.1) is 28.7 Å². The van der Waals surface area contributed by atoms with Gasteiger partial charge in [0.25, 0.3) is 0 Å². The number of nitrogens with one attached hydrogen (secondary N) is 1. The molecule has 5 heteroatoms. The first kappa shape index (κ1) is 10.2. The second-order valence-corrected chi connectivity index (χ2v) is 4.62. The van der Waals surface area contributed by atoms with Crippen LogP contribution in [-0.2, 0) is 4.84 Å². The highest BCUT2D eigenvalue weighted by atomic mass is 32.1. The zero-order valence-electron chi connectivity index (χ0n) is 8.92. The molecule has 2 aromatic heterocycles. The van der Waals surface area contributed by atoms with Gasteiger partial charge in [0, 0.05) is 4.88 Å². The second-order valence-electron chi connectivity index (χ2n) is 3.36. The van der Waals surface area contributed by atoms with E-state index < -0.39 is 0 Å². The van der Waals surface area contributed by atoms with Gasteiger partial charge in [0.2, 0.25) is 0 Å². The molecule has 2 aromatic rings. The number of hydrogen-bond donors (Lipinski definition) is 2. The monoisotopic (exact) mass is 223 g/mol. The van der Waals surface area contributed by atoms with Gasteiger partial charge >= 0.3 is 0 Å². The van der Waals surface area contributed by atoms with E-state index in [1.807, 2.05) is 19.9 Å². The van der Waals surface area contributed by atoms with E-state index in [9.17, 15) is 0 Å². The summed E-state index contributed by atoms with van der Waals surface area (Å²) in [6.45, 7) is 3.95. The summed E-state index contributed by atoms with van der Waals surface area (Å²) in [5, 5.41) is 0. The summed E-state index contributed by atoms with van der Waals surface area (Å²) >= 11 is 1.64. The number of rotatable bonds is 2. The smallest absolute Gasteiger partial charge is 0.106 e. The number of nitrogens with two attached hydrogens (primary N) is 1. The minimum atomic E-state index is 0.706. The number of nitrogens with zero attached hydrogens (tertiary/aromatic N) is 1. The van der Waals surface area contributed by atoms with Crippen molar-refractivity contribution in [1.29, 1.82) is 0 Å². The minimum Gasteiger partial charge on any atom is -0.396 e. The van der Waals surface area contributed by atoms with E-state index in [4.69, 9.17) is 10.6 Å². The molecule has 0 spiro atoms. The van der Waals surface area contributed by atoms with Crippen molar-refractivity contribution in [2.24, 2.45) is 0 Å². The van der Waals surface area contributed by atoms with Crippen molar-refractivity contribution in [3.63, 3.8) is 0 Å². The molecule has 0 aliphatic heterocycles. The first-order chi connectivity index (χ1) is 7.13. The Kier molecular flexibility index (Phi) is 2.50. The van der Waals surface area contributed by atoms with E-state index in [0.29, 0.717) is 5.69 Å². The Hall–Kier alpha value is -1.33. The van der Waals surface area contributed by atoms with Gasteiger partial charge < -0.3 is 5.73 Å². The maximum Gasteiger partial charge on any atom is 0.106 e. The Morgan fingerprint density at radius 2 is 2.20 bits per heavy atom. The van der Waals surface area contributed by atoms with Crippen molar-refractivity contribution in [1.82, 2.24) is 4.98 Å². The van der Waals surface area contributed by atoms with Crippen LogP contribution in [0.1, 0.15) is 10.6 Å². The standard InChI is InChI=1S/C10H13N3OS/c1-5-4-7-10(15-5)8(11)9(13-14-3)6(2)12-7/h4,13H,1-3H3,(H2,11,12). The lowest BCUT2D eigenvalue weighted by Gasteiger charge is -2.09. The van der Waals surface area contributed by atoms with Crippen molar-refractivity contribution in [3.05, 3.63) is 16.6 Å². The molecule has 80 valence electrons. The van der Waals surface area contributed by atoms with Crippen molar-refractivity contribution in [2.75, 3.05) is 18.3 Å². The summed E-state index contributed by atoms with van der Waals surface area (Å²) in [7, 11) is 1.56. The van der Waals surface area contributed by atoms with E-state index in [-0.39, 0.29) is 0 Å². The Balaban J connectivity index is 2.71. The maximum atomic E-state index is 6.05. The number of pyridine rings is 1. The first-order valence-corrected chi connectivity index (χ1v) is 5.40. The van der Waals surface area contributed by atoms with E-state index in [1.165, 1.54) is 4.88 Å². The quantitative estimate of drug-likeness (QED) is 0.768. The second kappa shape index (κ2) is 3.67. The van der Waals surface area contributed by atoms with Gasteiger partial charge in [-0.1, -0.05) is 0 Å². The fourth-order valence-corrected chi connectivity index (χ4v) is 2.47. The maximum absolute atomic E-state index is 6.05. The molecule has 0 saturated carbocycles. The topological polar surface area (TPSA) is 60.2 Å². The van der Waals surface area contributed by atoms with Crippen LogP contribution in [0.5, 0.6) is 0 Å². The van der Waals surface area contributed by atoms with Crippen LogP contribution >= 0.6 is 11.3 Å². The van der Waals surface area contributed by atoms with Gasteiger partial charge in [0.15, 0.2) is 0 Å². The normalized spacial score (nSPS) is 10.9. The summed E-state index contributed by atoms with van der Waals surface area (Å²) in [6, 6.07) is 2.04. The molecule has 0 fully saturated rings. The van der Waals surface area contributed by atoms with Crippen molar-refractivity contribution >= 4 is 32.9 Å². The molecule has 0 radical (unpaired) electrons. The fourth-order valence-electron chi connectivity index (χ4n) is 1.55. The molecular weight excluding hydrogens is 210 g/mol. The lowest BCUT2D eigenvalue weighted by atomic mass is 10.2. The van der Waals surface area contributed by atoms with Gasteiger partial charge in [-0.3, -0.25) is 10.3 Å². The molecule has 0 bridgehead atoms. The van der Waals surface area contributed by atoms with Crippen LogP contribution in [0.4, 0.5) is 11.4 Å². The van der Waals surface area contributed by atoms with Crippen LogP contribution in [0.2, 0.25) is 0 Å². The average molecular weight is 223 g/mol. The summed E-state index contributed by atoms with van der Waals surface area (Å²) in [5.41, 5.74) is 12.1. The molecule has 2 rings (SSSR count). The molecule has 0 aromatic carbocycles. The molecule has 3 N–H and O–H groups in total. The average Bonchev–Trinajstić information content (AvgIpc) is 2.53. The molecule has 0 atom stereocenters. The third-order valence-electron chi connectivity index (χ3n) is 2.20. The van der Waals surface area contributed by atoms with Crippen LogP contribution in [0.15, 0.2) is 6.07 Å². The number of aromatic nitrogens is 1. The van der Waals surface area contributed by atoms with Gasteiger partial charge in [-0.05, 0) is 19.9 Å². The van der Waals surface area contributed by atoms with E-state index in [0.717, 1.165) is 21.6 Å². The predicted octanol–water partition coefficient (Wildman–Crippen LogP) is 2.47. The lowest BCUT2D eigenvalue weighted by molar-refractivity contribution is 0.271. The Morgan fingerprint density at radius 3 is 2.87 bits per heavy atom. The van der Waals surface area contributed by atoms with Crippen LogP contribution in [0.25, 0.3) is 10.2 Å². The molecule has 4 nitrogen and oxygen atoms in total. The van der Waals surface area contributed by atoms with E-state index >= 15 is 0 Å². The molecular formula is C10H13N3OS. The molecule has 2 heterocycles.